The Balaban J connectivity index is 2.19. The zero-order chi connectivity index (χ0) is 14.6. The number of nitrogens with zero attached hydrogens (tertiary/aromatic N) is 2. The summed E-state index contributed by atoms with van der Waals surface area (Å²) in [6.07, 6.45) is 9.28. The Labute approximate surface area is 125 Å². The van der Waals surface area contributed by atoms with Gasteiger partial charge in [0.05, 0.1) is 0 Å². The molecule has 0 bridgehead atoms. The second kappa shape index (κ2) is 11.0. The third-order valence-corrected chi connectivity index (χ3v) is 4.08. The number of rotatable bonds is 9. The number of aliphatic imine (C=N–C) groups is 1. The van der Waals surface area contributed by atoms with Crippen molar-refractivity contribution in [1.29, 1.82) is 0 Å². The van der Waals surface area contributed by atoms with Gasteiger partial charge in [0.15, 0.2) is 5.96 Å². The van der Waals surface area contributed by atoms with Gasteiger partial charge in [0, 0.05) is 32.2 Å². The van der Waals surface area contributed by atoms with Crippen LogP contribution >= 0.6 is 0 Å². The summed E-state index contributed by atoms with van der Waals surface area (Å²) in [4.78, 5) is 7.12. The van der Waals surface area contributed by atoms with Crippen molar-refractivity contribution < 1.29 is 0 Å². The van der Waals surface area contributed by atoms with E-state index in [4.69, 9.17) is 0 Å². The van der Waals surface area contributed by atoms with Crippen LogP contribution in [0.15, 0.2) is 4.99 Å². The van der Waals surface area contributed by atoms with E-state index in [2.05, 4.69) is 41.4 Å². The standard InChI is InChI=1S/C16H34N4/c1-4-6-9-12-18-16(17-5-2)19-13-14-20(3)15-10-7-8-11-15/h15H,4-14H2,1-3H3,(H2,17,18,19). The maximum Gasteiger partial charge on any atom is 0.191 e. The van der Waals surface area contributed by atoms with Crippen molar-refractivity contribution in [2.45, 2.75) is 64.8 Å². The van der Waals surface area contributed by atoms with Crippen molar-refractivity contribution in [2.75, 3.05) is 33.2 Å². The van der Waals surface area contributed by atoms with Crippen LogP contribution in [0.5, 0.6) is 0 Å². The number of hydrogen-bond donors (Lipinski definition) is 2. The second-order valence-corrected chi connectivity index (χ2v) is 5.81. The predicted molar refractivity (Wildman–Crippen MR) is 88.4 cm³/mol. The van der Waals surface area contributed by atoms with Crippen LogP contribution in [0, 0.1) is 0 Å². The van der Waals surface area contributed by atoms with Crippen molar-refractivity contribution in [3.05, 3.63) is 0 Å². The maximum absolute atomic E-state index is 4.62. The highest BCUT2D eigenvalue weighted by molar-refractivity contribution is 5.79. The molecule has 1 rings (SSSR count). The average Bonchev–Trinajstić information content (AvgIpc) is 2.97. The molecular weight excluding hydrogens is 248 g/mol. The lowest BCUT2D eigenvalue weighted by atomic mass is 10.2. The highest BCUT2D eigenvalue weighted by atomic mass is 15.2. The first kappa shape index (κ1) is 17.3. The lowest BCUT2D eigenvalue weighted by Gasteiger charge is -2.24. The monoisotopic (exact) mass is 282 g/mol. The lowest BCUT2D eigenvalue weighted by molar-refractivity contribution is 0.249. The van der Waals surface area contributed by atoms with Crippen LogP contribution in [-0.2, 0) is 0 Å². The molecule has 0 aromatic carbocycles. The first-order valence-electron chi connectivity index (χ1n) is 8.50. The van der Waals surface area contributed by atoms with E-state index in [9.17, 15) is 0 Å². The molecule has 0 aromatic heterocycles. The van der Waals surface area contributed by atoms with Gasteiger partial charge in [0.25, 0.3) is 0 Å². The van der Waals surface area contributed by atoms with Gasteiger partial charge in [-0.15, -0.1) is 0 Å². The number of unbranched alkanes of at least 4 members (excludes halogenated alkanes) is 2. The fourth-order valence-corrected chi connectivity index (χ4v) is 2.77. The van der Waals surface area contributed by atoms with Crippen LogP contribution in [0.4, 0.5) is 0 Å². The fourth-order valence-electron chi connectivity index (χ4n) is 2.77. The molecule has 0 aliphatic heterocycles. The molecule has 0 aromatic rings. The van der Waals surface area contributed by atoms with Crippen LogP contribution in [0.3, 0.4) is 0 Å². The fraction of sp³-hybridized carbons (Fsp3) is 0.938. The first-order chi connectivity index (χ1) is 9.77. The Kier molecular flexibility index (Phi) is 9.46. The summed E-state index contributed by atoms with van der Waals surface area (Å²) >= 11 is 0. The Morgan fingerprint density at radius 1 is 1.15 bits per heavy atom. The average molecular weight is 282 g/mol. The van der Waals surface area contributed by atoms with Crippen LogP contribution in [0.2, 0.25) is 0 Å². The summed E-state index contributed by atoms with van der Waals surface area (Å²) in [6.45, 7) is 8.29. The molecule has 1 saturated carbocycles. The van der Waals surface area contributed by atoms with E-state index in [1.807, 2.05) is 0 Å². The molecule has 2 N–H and O–H groups in total. The molecule has 0 spiro atoms. The zero-order valence-electron chi connectivity index (χ0n) is 13.7. The van der Waals surface area contributed by atoms with Gasteiger partial charge in [-0.2, -0.15) is 0 Å². The highest BCUT2D eigenvalue weighted by Gasteiger charge is 2.18. The Hall–Kier alpha value is -0.770. The molecule has 0 saturated heterocycles. The highest BCUT2D eigenvalue weighted by Crippen LogP contribution is 2.21. The number of hydrogen-bond acceptors (Lipinski definition) is 2. The van der Waals surface area contributed by atoms with Crippen molar-refractivity contribution in [3.63, 3.8) is 0 Å². The van der Waals surface area contributed by atoms with Crippen LogP contribution in [-0.4, -0.2) is 50.1 Å². The van der Waals surface area contributed by atoms with E-state index in [-0.39, 0.29) is 0 Å². The molecule has 118 valence electrons. The van der Waals surface area contributed by atoms with Gasteiger partial charge in [-0.3, -0.25) is 4.99 Å². The van der Waals surface area contributed by atoms with Crippen molar-refractivity contribution in [2.24, 2.45) is 4.99 Å². The van der Waals surface area contributed by atoms with Gasteiger partial charge in [-0.25, -0.2) is 0 Å². The third-order valence-electron chi connectivity index (χ3n) is 4.08. The minimum absolute atomic E-state index is 0.806. The molecule has 0 amide bonds. The SMILES string of the molecule is CCCCCN=C(NCC)NCCN(C)C1CCCC1. The van der Waals surface area contributed by atoms with Gasteiger partial charge in [-0.05, 0) is 33.2 Å². The van der Waals surface area contributed by atoms with E-state index < -0.39 is 0 Å². The molecule has 1 aliphatic rings. The Bertz CT molecular complexity index is 259. The van der Waals surface area contributed by atoms with E-state index in [0.29, 0.717) is 0 Å². The maximum atomic E-state index is 4.62. The first-order valence-corrected chi connectivity index (χ1v) is 8.50. The van der Waals surface area contributed by atoms with Gasteiger partial charge < -0.3 is 15.5 Å². The molecule has 1 aliphatic carbocycles. The molecule has 0 unspecified atom stereocenters. The van der Waals surface area contributed by atoms with Gasteiger partial charge >= 0.3 is 0 Å². The van der Waals surface area contributed by atoms with Crippen LogP contribution in [0.25, 0.3) is 0 Å². The topological polar surface area (TPSA) is 39.7 Å². The van der Waals surface area contributed by atoms with Gasteiger partial charge in [-0.1, -0.05) is 32.6 Å². The summed E-state index contributed by atoms with van der Waals surface area (Å²) in [7, 11) is 2.25. The third kappa shape index (κ3) is 7.13. The number of likely N-dealkylation sites (N-methyl/N-ethyl adjacent to an activating group) is 1. The van der Waals surface area contributed by atoms with E-state index in [1.165, 1.54) is 44.9 Å². The summed E-state index contributed by atoms with van der Waals surface area (Å²) in [6, 6.07) is 0.806. The molecule has 0 radical (unpaired) electrons. The molecule has 0 atom stereocenters. The number of nitrogens with one attached hydrogen (secondary N) is 2. The molecule has 4 heteroatoms. The summed E-state index contributed by atoms with van der Waals surface area (Å²) in [5.74, 6) is 0.975. The van der Waals surface area contributed by atoms with Crippen LogP contribution in [0.1, 0.15) is 58.8 Å². The normalized spacial score (nSPS) is 16.9. The Morgan fingerprint density at radius 3 is 2.55 bits per heavy atom. The number of guanidine groups is 1. The largest absolute Gasteiger partial charge is 0.357 e. The van der Waals surface area contributed by atoms with Crippen molar-refractivity contribution >= 4 is 5.96 Å². The van der Waals surface area contributed by atoms with Gasteiger partial charge in [0.2, 0.25) is 0 Å². The quantitative estimate of drug-likeness (QED) is 0.388. The summed E-state index contributed by atoms with van der Waals surface area (Å²) in [5, 5.41) is 6.77. The molecular formula is C16H34N4. The van der Waals surface area contributed by atoms with Crippen molar-refractivity contribution in [3.8, 4) is 0 Å². The molecule has 1 fully saturated rings. The van der Waals surface area contributed by atoms with Crippen molar-refractivity contribution in [1.82, 2.24) is 15.5 Å². The minimum atomic E-state index is 0.806. The zero-order valence-corrected chi connectivity index (χ0v) is 13.7. The van der Waals surface area contributed by atoms with Gasteiger partial charge in [0.1, 0.15) is 0 Å². The second-order valence-electron chi connectivity index (χ2n) is 5.81. The summed E-state index contributed by atoms with van der Waals surface area (Å²) in [5.41, 5.74) is 0. The Morgan fingerprint density at radius 2 is 1.90 bits per heavy atom. The minimum Gasteiger partial charge on any atom is -0.357 e. The van der Waals surface area contributed by atoms with E-state index in [0.717, 1.165) is 38.2 Å². The van der Waals surface area contributed by atoms with E-state index in [1.54, 1.807) is 0 Å². The summed E-state index contributed by atoms with van der Waals surface area (Å²) < 4.78 is 0. The van der Waals surface area contributed by atoms with Crippen LogP contribution < -0.4 is 10.6 Å². The van der Waals surface area contributed by atoms with E-state index >= 15 is 0 Å². The lowest BCUT2D eigenvalue weighted by Crippen LogP contribution is -2.42. The predicted octanol–water partition coefficient (Wildman–Crippen LogP) is 2.61. The smallest absolute Gasteiger partial charge is 0.191 e. The molecule has 20 heavy (non-hydrogen) atoms. The molecule has 0 heterocycles. The molecule has 4 nitrogen and oxygen atoms in total.